The van der Waals surface area contributed by atoms with Crippen LogP contribution in [0.4, 0.5) is 15.8 Å². The van der Waals surface area contributed by atoms with Crippen LogP contribution in [0.3, 0.4) is 0 Å². The number of piperazine rings is 1. The highest BCUT2D eigenvalue weighted by atomic mass is 35.5. The lowest BCUT2D eigenvalue weighted by Gasteiger charge is -2.42. The highest BCUT2D eigenvalue weighted by Crippen LogP contribution is 2.34. The molecule has 0 aliphatic carbocycles. The standard InChI is InChI=1S/C32H36ClFN4O3/c1-5-26-32(38-20-23(33)9-14-31(38)35-26)28(39)12-8-22-7-11-27(25(34)17-22)36-15-16-37(21(3)19-36)24-10-13-29(41-6-2)30(18-24)40-4/h7,9-11,13-14,17-18,20-21H,5-6,8,12,15-16,19H2,1-4H3/t21-/m0/s1. The molecule has 0 amide bonds. The number of ketones is 1. The Labute approximate surface area is 245 Å². The number of ether oxygens (including phenoxy) is 2. The summed E-state index contributed by atoms with van der Waals surface area (Å²) in [7, 11) is 1.64. The summed E-state index contributed by atoms with van der Waals surface area (Å²) >= 11 is 6.18. The Bertz CT molecular complexity index is 1560. The molecule has 1 atom stereocenters. The number of anilines is 2. The molecule has 0 saturated carbocycles. The van der Waals surface area contributed by atoms with E-state index in [-0.39, 0.29) is 24.1 Å². The van der Waals surface area contributed by atoms with E-state index in [2.05, 4.69) is 21.7 Å². The van der Waals surface area contributed by atoms with Crippen molar-refractivity contribution in [3.63, 3.8) is 0 Å². The predicted molar refractivity (Wildman–Crippen MR) is 162 cm³/mol. The number of hydrogen-bond donors (Lipinski definition) is 0. The molecule has 5 rings (SSSR count). The van der Waals surface area contributed by atoms with Gasteiger partial charge in [0, 0.05) is 50.0 Å². The minimum atomic E-state index is -0.269. The summed E-state index contributed by atoms with van der Waals surface area (Å²) in [6, 6.07) is 15.0. The van der Waals surface area contributed by atoms with Crippen LogP contribution in [0.25, 0.3) is 5.65 Å². The fourth-order valence-electron chi connectivity index (χ4n) is 5.62. The van der Waals surface area contributed by atoms with E-state index in [9.17, 15) is 4.79 Å². The van der Waals surface area contributed by atoms with Gasteiger partial charge in [0.05, 0.1) is 30.1 Å². The minimum Gasteiger partial charge on any atom is -0.493 e. The Morgan fingerprint density at radius 1 is 1.10 bits per heavy atom. The van der Waals surface area contributed by atoms with Crippen LogP contribution in [0.15, 0.2) is 54.7 Å². The highest BCUT2D eigenvalue weighted by Gasteiger charge is 2.26. The van der Waals surface area contributed by atoms with E-state index in [4.69, 9.17) is 21.1 Å². The van der Waals surface area contributed by atoms with Gasteiger partial charge in [-0.15, -0.1) is 0 Å². The Morgan fingerprint density at radius 3 is 2.63 bits per heavy atom. The monoisotopic (exact) mass is 578 g/mol. The molecule has 216 valence electrons. The van der Waals surface area contributed by atoms with Gasteiger partial charge in [-0.1, -0.05) is 24.6 Å². The number of Topliss-reactive ketones (excluding diaryl/α,β-unsaturated/α-hetero) is 1. The second kappa shape index (κ2) is 12.4. The molecule has 7 nitrogen and oxygen atoms in total. The normalized spacial score (nSPS) is 15.4. The number of halogens is 2. The maximum Gasteiger partial charge on any atom is 0.181 e. The first-order chi connectivity index (χ1) is 19.8. The van der Waals surface area contributed by atoms with E-state index in [1.165, 1.54) is 0 Å². The van der Waals surface area contributed by atoms with Crippen molar-refractivity contribution in [1.29, 1.82) is 0 Å². The van der Waals surface area contributed by atoms with Gasteiger partial charge >= 0.3 is 0 Å². The number of nitrogens with zero attached hydrogens (tertiary/aromatic N) is 4. The third-order valence-corrected chi connectivity index (χ3v) is 7.88. The average Bonchev–Trinajstić information content (AvgIpc) is 3.34. The number of benzene rings is 2. The number of fused-ring (bicyclic) bond motifs is 1. The van der Waals surface area contributed by atoms with Gasteiger partial charge < -0.3 is 19.3 Å². The largest absolute Gasteiger partial charge is 0.493 e. The second-order valence-electron chi connectivity index (χ2n) is 10.3. The van der Waals surface area contributed by atoms with Crippen molar-refractivity contribution in [3.05, 3.63) is 82.5 Å². The molecule has 1 aliphatic heterocycles. The number of carbonyl (C=O) groups is 1. The Kier molecular flexibility index (Phi) is 8.68. The summed E-state index contributed by atoms with van der Waals surface area (Å²) in [5.74, 6) is 1.13. The van der Waals surface area contributed by atoms with E-state index in [1.807, 2.05) is 50.2 Å². The lowest BCUT2D eigenvalue weighted by molar-refractivity contribution is 0.0976. The van der Waals surface area contributed by atoms with Crippen LogP contribution >= 0.6 is 11.6 Å². The third-order valence-electron chi connectivity index (χ3n) is 7.65. The first kappa shape index (κ1) is 28.7. The molecule has 41 heavy (non-hydrogen) atoms. The summed E-state index contributed by atoms with van der Waals surface area (Å²) < 4.78 is 28.3. The van der Waals surface area contributed by atoms with Crippen molar-refractivity contribution in [2.45, 2.75) is 46.1 Å². The van der Waals surface area contributed by atoms with Crippen molar-refractivity contribution >= 4 is 34.4 Å². The molecule has 2 aromatic carbocycles. The molecule has 1 aliphatic rings. The lowest BCUT2D eigenvalue weighted by Crippen LogP contribution is -2.52. The molecule has 3 heterocycles. The first-order valence-electron chi connectivity index (χ1n) is 14.1. The van der Waals surface area contributed by atoms with Crippen LogP contribution in [-0.4, -0.2) is 54.6 Å². The number of rotatable bonds is 10. The maximum absolute atomic E-state index is 15.4. The van der Waals surface area contributed by atoms with Crippen LogP contribution in [-0.2, 0) is 12.8 Å². The zero-order valence-corrected chi connectivity index (χ0v) is 24.7. The molecule has 0 unspecified atom stereocenters. The molecule has 1 fully saturated rings. The third kappa shape index (κ3) is 5.98. The Hall–Kier alpha value is -3.78. The molecule has 0 N–H and O–H groups in total. The van der Waals surface area contributed by atoms with Gasteiger partial charge in [0.15, 0.2) is 17.3 Å². The zero-order chi connectivity index (χ0) is 29.1. The summed E-state index contributed by atoms with van der Waals surface area (Å²) in [6.45, 7) is 8.75. The second-order valence-corrected chi connectivity index (χ2v) is 10.7. The SMILES string of the molecule is CCOc1ccc(N2CCN(c3ccc(CCC(=O)c4c(CC)nc5ccc(Cl)cn45)cc3F)C[C@@H]2C)cc1OC. The smallest absolute Gasteiger partial charge is 0.181 e. The van der Waals surface area contributed by atoms with Crippen molar-refractivity contribution in [1.82, 2.24) is 9.38 Å². The van der Waals surface area contributed by atoms with Gasteiger partial charge in [0.2, 0.25) is 0 Å². The van der Waals surface area contributed by atoms with E-state index in [0.29, 0.717) is 60.3 Å². The van der Waals surface area contributed by atoms with Gasteiger partial charge in [-0.3, -0.25) is 9.20 Å². The van der Waals surface area contributed by atoms with Gasteiger partial charge in [0.25, 0.3) is 0 Å². The number of pyridine rings is 1. The molecule has 0 radical (unpaired) electrons. The van der Waals surface area contributed by atoms with Gasteiger partial charge in [-0.2, -0.15) is 0 Å². The zero-order valence-electron chi connectivity index (χ0n) is 24.0. The average molecular weight is 579 g/mol. The Morgan fingerprint density at radius 2 is 1.93 bits per heavy atom. The summed E-state index contributed by atoms with van der Waals surface area (Å²) in [5, 5.41) is 0.540. The lowest BCUT2D eigenvalue weighted by atomic mass is 10.0. The molecule has 9 heteroatoms. The summed E-state index contributed by atoms with van der Waals surface area (Å²) in [5.41, 5.74) is 4.42. The van der Waals surface area contributed by atoms with Gasteiger partial charge in [0.1, 0.15) is 17.2 Å². The van der Waals surface area contributed by atoms with E-state index in [1.54, 1.807) is 29.8 Å². The number of carbonyl (C=O) groups excluding carboxylic acids is 1. The van der Waals surface area contributed by atoms with Crippen LogP contribution in [0.2, 0.25) is 5.02 Å². The van der Waals surface area contributed by atoms with Crippen molar-refractivity contribution in [3.8, 4) is 11.5 Å². The van der Waals surface area contributed by atoms with E-state index < -0.39 is 0 Å². The van der Waals surface area contributed by atoms with Gasteiger partial charge in [-0.05, 0) is 68.7 Å². The molecular formula is C32H36ClFN4O3. The fraction of sp³-hybridized carbons (Fsp3) is 0.375. The van der Waals surface area contributed by atoms with Crippen LogP contribution in [0.5, 0.6) is 11.5 Å². The maximum atomic E-state index is 15.4. The summed E-state index contributed by atoms with van der Waals surface area (Å²) in [4.78, 5) is 22.2. The highest BCUT2D eigenvalue weighted by molar-refractivity contribution is 6.30. The van der Waals surface area contributed by atoms with Crippen molar-refractivity contribution < 1.29 is 18.7 Å². The van der Waals surface area contributed by atoms with Gasteiger partial charge in [-0.25, -0.2) is 9.37 Å². The minimum absolute atomic E-state index is 0.0306. The van der Waals surface area contributed by atoms with Crippen molar-refractivity contribution in [2.24, 2.45) is 0 Å². The molecule has 2 aromatic heterocycles. The fourth-order valence-corrected chi connectivity index (χ4v) is 5.78. The number of hydrogen-bond acceptors (Lipinski definition) is 6. The first-order valence-corrected chi connectivity index (χ1v) is 14.5. The molecular weight excluding hydrogens is 543 g/mol. The molecule has 4 aromatic rings. The van der Waals surface area contributed by atoms with E-state index >= 15 is 4.39 Å². The number of aryl methyl sites for hydroxylation is 2. The number of methoxy groups -OCH3 is 1. The Balaban J connectivity index is 1.24. The quantitative estimate of drug-likeness (QED) is 0.197. The molecule has 1 saturated heterocycles. The van der Waals surface area contributed by atoms with E-state index in [0.717, 1.165) is 29.2 Å². The summed E-state index contributed by atoms with van der Waals surface area (Å²) in [6.07, 6.45) is 3.06. The number of imidazole rings is 1. The molecule has 0 bridgehead atoms. The van der Waals surface area contributed by atoms with Crippen LogP contribution < -0.4 is 19.3 Å². The van der Waals surface area contributed by atoms with Crippen LogP contribution in [0.1, 0.15) is 48.9 Å². The molecule has 0 spiro atoms. The number of aromatic nitrogens is 2. The topological polar surface area (TPSA) is 59.3 Å². The van der Waals surface area contributed by atoms with Crippen molar-refractivity contribution in [2.75, 3.05) is 43.2 Å². The predicted octanol–water partition coefficient (Wildman–Crippen LogP) is 6.63. The van der Waals surface area contributed by atoms with Crippen LogP contribution in [0, 0.1) is 5.82 Å².